The van der Waals surface area contributed by atoms with E-state index in [1.54, 1.807) is 12.1 Å². The fourth-order valence-corrected chi connectivity index (χ4v) is 2.99. The lowest BCUT2D eigenvalue weighted by Crippen LogP contribution is -2.16. The third-order valence-electron chi connectivity index (χ3n) is 4.20. The molecule has 2 N–H and O–H groups in total. The summed E-state index contributed by atoms with van der Waals surface area (Å²) in [5.74, 6) is 0.711. The Bertz CT molecular complexity index is 814. The molecule has 0 unspecified atom stereocenters. The Morgan fingerprint density at radius 3 is 2.60 bits per heavy atom. The van der Waals surface area contributed by atoms with Gasteiger partial charge in [-0.1, -0.05) is 12.1 Å². The van der Waals surface area contributed by atoms with Gasteiger partial charge in [-0.15, -0.1) is 12.4 Å². The number of hydrogen-bond donors (Lipinski definition) is 2. The van der Waals surface area contributed by atoms with E-state index in [4.69, 9.17) is 4.74 Å². The summed E-state index contributed by atoms with van der Waals surface area (Å²) in [5, 5.41) is 4.43. The monoisotopic (exact) mass is 362 g/mol. The lowest BCUT2D eigenvalue weighted by Gasteiger charge is -2.07. The highest BCUT2D eigenvalue weighted by Crippen LogP contribution is 2.23. The average molecular weight is 363 g/mol. The minimum absolute atomic E-state index is 0. The van der Waals surface area contributed by atoms with Crippen LogP contribution in [0.15, 0.2) is 42.5 Å². The molecule has 0 fully saturated rings. The molecule has 0 amide bonds. The van der Waals surface area contributed by atoms with Crippen LogP contribution in [0.5, 0.6) is 5.75 Å². The van der Waals surface area contributed by atoms with Gasteiger partial charge in [0, 0.05) is 23.1 Å². The number of nitrogens with one attached hydrogen (secondary N) is 2. The van der Waals surface area contributed by atoms with Gasteiger partial charge in [0.05, 0.1) is 6.61 Å². The molecule has 0 radical (unpaired) electrons. The minimum Gasteiger partial charge on any atom is -0.494 e. The molecule has 0 saturated carbocycles. The molecule has 3 aromatic rings. The Morgan fingerprint density at radius 2 is 1.88 bits per heavy atom. The fraction of sp³-hybridized carbons (Fsp3) is 0.300. The number of hydrogen-bond acceptors (Lipinski definition) is 2. The first-order chi connectivity index (χ1) is 11.7. The summed E-state index contributed by atoms with van der Waals surface area (Å²) in [5.41, 5.74) is 4.51. The summed E-state index contributed by atoms with van der Waals surface area (Å²) in [7, 11) is 0. The molecule has 1 heterocycles. The normalized spacial score (nSPS) is 10.7. The maximum Gasteiger partial charge on any atom is 0.123 e. The lowest BCUT2D eigenvalue weighted by atomic mass is 10.1. The number of aromatic nitrogens is 1. The van der Waals surface area contributed by atoms with Gasteiger partial charge in [0.1, 0.15) is 11.6 Å². The number of benzene rings is 2. The zero-order valence-corrected chi connectivity index (χ0v) is 15.4. The molecule has 3 nitrogen and oxygen atoms in total. The van der Waals surface area contributed by atoms with Crippen LogP contribution >= 0.6 is 12.4 Å². The molecule has 0 bridgehead atoms. The van der Waals surface area contributed by atoms with Gasteiger partial charge in [-0.25, -0.2) is 4.39 Å². The maximum absolute atomic E-state index is 13.5. The van der Waals surface area contributed by atoms with Crippen molar-refractivity contribution >= 4 is 23.3 Å². The van der Waals surface area contributed by atoms with Crippen molar-refractivity contribution < 1.29 is 9.13 Å². The highest BCUT2D eigenvalue weighted by atomic mass is 35.5. The zero-order valence-electron chi connectivity index (χ0n) is 14.6. The number of aromatic amines is 1. The Balaban J connectivity index is 0.00000225. The van der Waals surface area contributed by atoms with E-state index >= 15 is 0 Å². The van der Waals surface area contributed by atoms with Crippen LogP contribution in [-0.2, 0) is 13.0 Å². The average Bonchev–Trinajstić information content (AvgIpc) is 2.88. The second-order valence-electron chi connectivity index (χ2n) is 5.92. The van der Waals surface area contributed by atoms with E-state index in [0.29, 0.717) is 6.61 Å². The zero-order chi connectivity index (χ0) is 16.9. The summed E-state index contributed by atoms with van der Waals surface area (Å²) in [6.45, 7) is 6.36. The predicted octanol–water partition coefficient (Wildman–Crippen LogP) is 4.77. The van der Waals surface area contributed by atoms with E-state index in [2.05, 4.69) is 22.4 Å². The van der Waals surface area contributed by atoms with Crippen LogP contribution in [0.25, 0.3) is 10.9 Å². The van der Waals surface area contributed by atoms with E-state index in [1.165, 1.54) is 17.2 Å². The fourth-order valence-electron chi connectivity index (χ4n) is 2.99. The molecule has 2 aromatic carbocycles. The third-order valence-corrected chi connectivity index (χ3v) is 4.20. The summed E-state index contributed by atoms with van der Waals surface area (Å²) in [6, 6.07) is 13.0. The van der Waals surface area contributed by atoms with Crippen LogP contribution < -0.4 is 10.1 Å². The van der Waals surface area contributed by atoms with Gasteiger partial charge in [0.2, 0.25) is 0 Å². The van der Waals surface area contributed by atoms with Gasteiger partial charge in [0.15, 0.2) is 0 Å². The molecule has 0 spiro atoms. The third kappa shape index (κ3) is 4.74. The van der Waals surface area contributed by atoms with Crippen LogP contribution in [0, 0.1) is 12.7 Å². The molecule has 1 aromatic heterocycles. The molecule has 134 valence electrons. The van der Waals surface area contributed by atoms with Crippen LogP contribution in [0.1, 0.15) is 23.7 Å². The number of halogens is 2. The van der Waals surface area contributed by atoms with Gasteiger partial charge in [-0.3, -0.25) is 0 Å². The van der Waals surface area contributed by atoms with Crippen molar-refractivity contribution in [3.63, 3.8) is 0 Å². The number of ether oxygens (including phenoxy) is 1. The molecule has 0 aliphatic heterocycles. The summed E-state index contributed by atoms with van der Waals surface area (Å²) in [4.78, 5) is 3.32. The summed E-state index contributed by atoms with van der Waals surface area (Å²) in [6.07, 6.45) is 0.867. The van der Waals surface area contributed by atoms with E-state index in [1.807, 2.05) is 26.0 Å². The molecule has 0 saturated heterocycles. The number of fused-ring (bicyclic) bond motifs is 1. The molecule has 0 aliphatic rings. The van der Waals surface area contributed by atoms with Gasteiger partial charge in [-0.2, -0.15) is 0 Å². The van der Waals surface area contributed by atoms with E-state index in [-0.39, 0.29) is 18.2 Å². The van der Waals surface area contributed by atoms with Gasteiger partial charge in [0.25, 0.3) is 0 Å². The molecule has 0 atom stereocenters. The Hall–Kier alpha value is -2.04. The molecular weight excluding hydrogens is 339 g/mol. The SMILES string of the molecule is CCOc1ccc(CNCCc2c(C)[nH]c3ccc(F)cc23)cc1.Cl. The van der Waals surface area contributed by atoms with Crippen molar-refractivity contribution in [3.8, 4) is 5.75 Å². The molecule has 3 rings (SSSR count). The standard InChI is InChI=1S/C20H23FN2O.ClH/c1-3-24-17-7-4-15(5-8-17)13-22-11-10-18-14(2)23-20-9-6-16(21)12-19(18)20;/h4-9,12,22-23H,3,10-11,13H2,1-2H3;1H. The van der Waals surface area contributed by atoms with Gasteiger partial charge in [-0.05, 0) is 68.3 Å². The van der Waals surface area contributed by atoms with Crippen molar-refractivity contribution in [3.05, 3.63) is 65.1 Å². The Labute approximate surface area is 154 Å². The number of H-pyrrole nitrogens is 1. The second kappa shape index (κ2) is 8.88. The van der Waals surface area contributed by atoms with Crippen molar-refractivity contribution in [2.24, 2.45) is 0 Å². The second-order valence-corrected chi connectivity index (χ2v) is 5.92. The molecule has 0 aliphatic carbocycles. The predicted molar refractivity (Wildman–Crippen MR) is 103 cm³/mol. The highest BCUT2D eigenvalue weighted by molar-refractivity contribution is 5.85. The van der Waals surface area contributed by atoms with E-state index < -0.39 is 0 Å². The topological polar surface area (TPSA) is 37.0 Å². The minimum atomic E-state index is -0.190. The number of aryl methyl sites for hydroxylation is 1. The summed E-state index contributed by atoms with van der Waals surface area (Å²) >= 11 is 0. The first kappa shape index (κ1) is 19.3. The largest absolute Gasteiger partial charge is 0.494 e. The number of rotatable bonds is 7. The summed E-state index contributed by atoms with van der Waals surface area (Å²) < 4.78 is 18.9. The van der Waals surface area contributed by atoms with E-state index in [9.17, 15) is 4.39 Å². The molecule has 25 heavy (non-hydrogen) atoms. The van der Waals surface area contributed by atoms with Crippen LogP contribution in [-0.4, -0.2) is 18.1 Å². The van der Waals surface area contributed by atoms with Crippen LogP contribution in [0.3, 0.4) is 0 Å². The smallest absolute Gasteiger partial charge is 0.123 e. The van der Waals surface area contributed by atoms with Crippen molar-refractivity contribution in [2.75, 3.05) is 13.2 Å². The van der Waals surface area contributed by atoms with Crippen molar-refractivity contribution in [1.29, 1.82) is 0 Å². The van der Waals surface area contributed by atoms with Crippen LogP contribution in [0.4, 0.5) is 4.39 Å². The first-order valence-electron chi connectivity index (χ1n) is 8.36. The van der Waals surface area contributed by atoms with Crippen molar-refractivity contribution in [2.45, 2.75) is 26.8 Å². The Morgan fingerprint density at radius 1 is 1.12 bits per heavy atom. The van der Waals surface area contributed by atoms with Crippen molar-refractivity contribution in [1.82, 2.24) is 10.3 Å². The molecular formula is C20H24ClFN2O. The molecule has 5 heteroatoms. The lowest BCUT2D eigenvalue weighted by molar-refractivity contribution is 0.340. The quantitative estimate of drug-likeness (QED) is 0.594. The van der Waals surface area contributed by atoms with Gasteiger partial charge >= 0.3 is 0 Å². The maximum atomic E-state index is 13.5. The van der Waals surface area contributed by atoms with E-state index in [0.717, 1.165) is 41.9 Å². The Kier molecular flexibility index (Phi) is 6.85. The van der Waals surface area contributed by atoms with Gasteiger partial charge < -0.3 is 15.0 Å². The van der Waals surface area contributed by atoms with Crippen LogP contribution in [0.2, 0.25) is 0 Å². The highest BCUT2D eigenvalue weighted by Gasteiger charge is 2.08. The first-order valence-corrected chi connectivity index (χ1v) is 8.36.